The Bertz CT molecular complexity index is 1390. The van der Waals surface area contributed by atoms with Crippen LogP contribution in [0, 0.1) is 11.2 Å². The van der Waals surface area contributed by atoms with Gasteiger partial charge in [-0.2, -0.15) is 0 Å². The molecule has 12 heteroatoms. The molecule has 1 saturated heterocycles. The van der Waals surface area contributed by atoms with Gasteiger partial charge in [0.25, 0.3) is 0 Å². The average molecular weight is 635 g/mol. The molecule has 43 heavy (non-hydrogen) atoms. The monoisotopic (exact) mass is 633 g/mol. The number of halogens is 3. The molecule has 4 amide bonds. The molecule has 2 heterocycles. The van der Waals surface area contributed by atoms with Crippen LogP contribution in [0.5, 0.6) is 0 Å². The Balaban J connectivity index is 1.47. The molecule has 9 nitrogen and oxygen atoms in total. The molecule has 4 rings (SSSR count). The molecular weight excluding hydrogens is 596 g/mol. The van der Waals surface area contributed by atoms with Crippen LogP contribution < -0.4 is 16.4 Å². The predicted octanol–water partition coefficient (Wildman–Crippen LogP) is 4.29. The summed E-state index contributed by atoms with van der Waals surface area (Å²) in [7, 11) is 0. The quantitative estimate of drug-likeness (QED) is 0.355. The normalized spacial score (nSPS) is 18.4. The summed E-state index contributed by atoms with van der Waals surface area (Å²) in [4.78, 5) is 56.6. The molecule has 2 aliphatic rings. The van der Waals surface area contributed by atoms with Crippen LogP contribution >= 0.6 is 23.2 Å². The number of likely N-dealkylation sites (tertiary alicyclic amines) is 1. The number of piperidine rings is 1. The number of carbonyl (C=O) groups is 4. The Morgan fingerprint density at radius 1 is 1.07 bits per heavy atom. The van der Waals surface area contributed by atoms with Crippen molar-refractivity contribution < 1.29 is 23.6 Å². The summed E-state index contributed by atoms with van der Waals surface area (Å²) in [5, 5.41) is 4.81. The van der Waals surface area contributed by atoms with Gasteiger partial charge in [0.2, 0.25) is 23.6 Å². The third kappa shape index (κ3) is 8.04. The first-order chi connectivity index (χ1) is 20.4. The molecule has 232 valence electrons. The first kappa shape index (κ1) is 32.7. The van der Waals surface area contributed by atoms with Crippen LogP contribution in [0.3, 0.4) is 0 Å². The smallest absolute Gasteiger partial charge is 0.247 e. The Morgan fingerprint density at radius 2 is 1.77 bits per heavy atom. The van der Waals surface area contributed by atoms with Crippen LogP contribution in [0.15, 0.2) is 36.4 Å². The van der Waals surface area contributed by atoms with Crippen molar-refractivity contribution in [2.45, 2.75) is 71.0 Å². The van der Waals surface area contributed by atoms with E-state index < -0.39 is 29.7 Å². The number of rotatable bonds is 9. The van der Waals surface area contributed by atoms with Crippen molar-refractivity contribution >= 4 is 52.5 Å². The second-order valence-corrected chi connectivity index (χ2v) is 12.7. The van der Waals surface area contributed by atoms with Gasteiger partial charge in [-0.25, -0.2) is 4.39 Å². The van der Waals surface area contributed by atoms with Crippen LogP contribution in [0.1, 0.15) is 57.1 Å². The SMILES string of the molecule is CC1(C)CCCN(C(=O)CCC(=O)N2Cc3ccccc3C[C@H]2C(=O)N[C@@H](CCN)C(=O)Nc2ccc(Cl)c(Cl)c2F)C1. The third-order valence-electron chi connectivity index (χ3n) is 8.06. The lowest BCUT2D eigenvalue weighted by Crippen LogP contribution is -2.56. The van der Waals surface area contributed by atoms with Gasteiger partial charge in [-0.15, -0.1) is 0 Å². The van der Waals surface area contributed by atoms with E-state index in [1.165, 1.54) is 17.0 Å². The lowest BCUT2D eigenvalue weighted by Gasteiger charge is -2.38. The topological polar surface area (TPSA) is 125 Å². The van der Waals surface area contributed by atoms with E-state index in [1.54, 1.807) is 0 Å². The highest BCUT2D eigenvalue weighted by atomic mass is 35.5. The highest BCUT2D eigenvalue weighted by Crippen LogP contribution is 2.31. The van der Waals surface area contributed by atoms with E-state index >= 15 is 0 Å². The Labute approximate surface area is 261 Å². The number of fused-ring (bicyclic) bond motifs is 1. The second kappa shape index (κ2) is 14.1. The van der Waals surface area contributed by atoms with Crippen LogP contribution in [-0.4, -0.2) is 65.1 Å². The highest BCUT2D eigenvalue weighted by Gasteiger charge is 2.37. The molecule has 2 aliphatic heterocycles. The van der Waals surface area contributed by atoms with E-state index in [4.69, 9.17) is 28.9 Å². The van der Waals surface area contributed by atoms with Crippen LogP contribution in [0.4, 0.5) is 10.1 Å². The zero-order valence-corrected chi connectivity index (χ0v) is 25.9. The molecule has 0 unspecified atom stereocenters. The maximum absolute atomic E-state index is 14.6. The number of amides is 4. The number of anilines is 1. The molecule has 0 aromatic heterocycles. The number of carbonyl (C=O) groups excluding carboxylic acids is 4. The number of hydrogen-bond acceptors (Lipinski definition) is 5. The van der Waals surface area contributed by atoms with Gasteiger partial charge in [-0.05, 0) is 54.5 Å². The standard InChI is InChI=1S/C31H38Cl2FN5O4/c1-31(2)13-5-15-38(18-31)25(40)10-11-26(41)39-17-20-7-4-3-6-19(20)16-24(39)30(43)37-23(12-14-35)29(42)36-22-9-8-21(32)27(33)28(22)34/h3-4,6-9,23-24H,5,10-18,35H2,1-2H3,(H,36,42)(H,37,43)/t23-,24-/m0/s1. The summed E-state index contributed by atoms with van der Waals surface area (Å²) in [6.45, 7) is 5.85. The van der Waals surface area contributed by atoms with Gasteiger partial charge in [0.05, 0.1) is 15.7 Å². The van der Waals surface area contributed by atoms with Gasteiger partial charge in [-0.3, -0.25) is 19.2 Å². The zero-order chi connectivity index (χ0) is 31.3. The van der Waals surface area contributed by atoms with Crippen molar-refractivity contribution in [2.75, 3.05) is 25.0 Å². The lowest BCUT2D eigenvalue weighted by molar-refractivity contribution is -0.144. The van der Waals surface area contributed by atoms with Crippen molar-refractivity contribution in [3.63, 3.8) is 0 Å². The summed E-state index contributed by atoms with van der Waals surface area (Å²) in [6.07, 6.45) is 2.29. The fraction of sp³-hybridized carbons (Fsp3) is 0.484. The minimum absolute atomic E-state index is 0.00668. The number of hydrogen-bond donors (Lipinski definition) is 3. The Kier molecular flexibility index (Phi) is 10.7. The molecule has 0 saturated carbocycles. The molecule has 2 atom stereocenters. The van der Waals surface area contributed by atoms with Gasteiger partial charge in [0, 0.05) is 38.9 Å². The zero-order valence-electron chi connectivity index (χ0n) is 24.4. The van der Waals surface area contributed by atoms with Crippen molar-refractivity contribution in [3.05, 3.63) is 63.4 Å². The van der Waals surface area contributed by atoms with Crippen molar-refractivity contribution in [1.29, 1.82) is 0 Å². The van der Waals surface area contributed by atoms with Crippen molar-refractivity contribution in [1.82, 2.24) is 15.1 Å². The maximum atomic E-state index is 14.6. The Morgan fingerprint density at radius 3 is 2.47 bits per heavy atom. The van der Waals surface area contributed by atoms with Gasteiger partial charge in [0.15, 0.2) is 5.82 Å². The van der Waals surface area contributed by atoms with Crippen molar-refractivity contribution in [2.24, 2.45) is 11.1 Å². The van der Waals surface area contributed by atoms with E-state index in [1.807, 2.05) is 29.2 Å². The highest BCUT2D eigenvalue weighted by molar-refractivity contribution is 6.42. The van der Waals surface area contributed by atoms with Gasteiger partial charge in [0.1, 0.15) is 12.1 Å². The fourth-order valence-corrected chi connectivity index (χ4v) is 6.03. The van der Waals surface area contributed by atoms with Crippen LogP contribution in [-0.2, 0) is 32.1 Å². The third-order valence-corrected chi connectivity index (χ3v) is 8.84. The number of benzene rings is 2. The average Bonchev–Trinajstić information content (AvgIpc) is 2.98. The van der Waals surface area contributed by atoms with E-state index in [-0.39, 0.29) is 71.7 Å². The van der Waals surface area contributed by atoms with E-state index in [0.717, 1.165) is 24.0 Å². The molecular formula is C31H38Cl2FN5O4. The molecule has 0 spiro atoms. The second-order valence-electron chi connectivity index (χ2n) is 11.9. The molecule has 1 fully saturated rings. The van der Waals surface area contributed by atoms with E-state index in [2.05, 4.69) is 24.5 Å². The van der Waals surface area contributed by atoms with Gasteiger partial charge in [-0.1, -0.05) is 61.3 Å². The number of nitrogens with one attached hydrogen (secondary N) is 2. The van der Waals surface area contributed by atoms with Crippen LogP contribution in [0.25, 0.3) is 0 Å². The summed E-state index contributed by atoms with van der Waals surface area (Å²) < 4.78 is 14.6. The first-order valence-electron chi connectivity index (χ1n) is 14.5. The van der Waals surface area contributed by atoms with Crippen LogP contribution in [0.2, 0.25) is 10.0 Å². The van der Waals surface area contributed by atoms with E-state index in [0.29, 0.717) is 13.1 Å². The minimum Gasteiger partial charge on any atom is -0.342 e. The molecule has 0 bridgehead atoms. The molecule has 4 N–H and O–H groups in total. The summed E-state index contributed by atoms with van der Waals surface area (Å²) in [5.74, 6) is -2.54. The molecule has 2 aromatic rings. The largest absolute Gasteiger partial charge is 0.342 e. The molecule has 2 aromatic carbocycles. The lowest BCUT2D eigenvalue weighted by atomic mass is 9.84. The summed E-state index contributed by atoms with van der Waals surface area (Å²) in [6, 6.07) is 8.13. The first-order valence-corrected chi connectivity index (χ1v) is 15.2. The molecule has 0 aliphatic carbocycles. The van der Waals surface area contributed by atoms with E-state index in [9.17, 15) is 23.6 Å². The van der Waals surface area contributed by atoms with Gasteiger partial charge < -0.3 is 26.2 Å². The number of nitrogens with zero attached hydrogens (tertiary/aromatic N) is 2. The van der Waals surface area contributed by atoms with Crippen molar-refractivity contribution in [3.8, 4) is 0 Å². The fourth-order valence-electron chi connectivity index (χ4n) is 5.72. The number of nitrogens with two attached hydrogens (primary N) is 1. The predicted molar refractivity (Wildman–Crippen MR) is 164 cm³/mol. The minimum atomic E-state index is -1.11. The Hall–Kier alpha value is -3.21. The van der Waals surface area contributed by atoms with Gasteiger partial charge >= 0.3 is 0 Å². The summed E-state index contributed by atoms with van der Waals surface area (Å²) >= 11 is 11.7. The molecule has 0 radical (unpaired) electrons. The maximum Gasteiger partial charge on any atom is 0.247 e. The summed E-state index contributed by atoms with van der Waals surface area (Å²) in [5.41, 5.74) is 7.40.